The van der Waals surface area contributed by atoms with Crippen LogP contribution < -0.4 is 10.2 Å². The number of carbonyl (C=O) groups is 3. The Labute approximate surface area is 210 Å². The molecular formula is C30H26N2O4. The average Bonchev–Trinajstić information content (AvgIpc) is 2.91. The number of hydrogen-bond donors (Lipinski definition) is 1. The van der Waals surface area contributed by atoms with E-state index in [1.807, 2.05) is 86.6 Å². The van der Waals surface area contributed by atoms with Gasteiger partial charge in [-0.1, -0.05) is 60.7 Å². The molecule has 0 fully saturated rings. The predicted molar refractivity (Wildman–Crippen MR) is 141 cm³/mol. The lowest BCUT2D eigenvalue weighted by Crippen LogP contribution is -2.28. The number of amides is 2. The van der Waals surface area contributed by atoms with Gasteiger partial charge >= 0.3 is 5.97 Å². The summed E-state index contributed by atoms with van der Waals surface area (Å²) in [5.41, 5.74) is 4.21. The number of hydrogen-bond acceptors (Lipinski definition) is 4. The van der Waals surface area contributed by atoms with E-state index in [9.17, 15) is 14.4 Å². The van der Waals surface area contributed by atoms with Gasteiger partial charge in [0.2, 0.25) is 0 Å². The lowest BCUT2D eigenvalue weighted by molar-refractivity contribution is -0.119. The third-order valence-corrected chi connectivity index (χ3v) is 5.82. The second kappa shape index (κ2) is 11.1. The van der Waals surface area contributed by atoms with Crippen LogP contribution in [0.4, 0.5) is 17.1 Å². The van der Waals surface area contributed by atoms with E-state index in [2.05, 4.69) is 5.32 Å². The zero-order chi connectivity index (χ0) is 25.5. The first-order chi connectivity index (χ1) is 17.5. The van der Waals surface area contributed by atoms with Gasteiger partial charge in [0.25, 0.3) is 11.8 Å². The van der Waals surface area contributed by atoms with Gasteiger partial charge in [-0.3, -0.25) is 14.5 Å². The Bertz CT molecular complexity index is 1350. The summed E-state index contributed by atoms with van der Waals surface area (Å²) in [6, 6.07) is 30.4. The summed E-state index contributed by atoms with van der Waals surface area (Å²) >= 11 is 0. The number of nitrogens with one attached hydrogen (secondary N) is 1. The number of benzene rings is 4. The van der Waals surface area contributed by atoms with Gasteiger partial charge in [0.05, 0.1) is 11.1 Å². The normalized spacial score (nSPS) is 10.4. The van der Waals surface area contributed by atoms with Gasteiger partial charge in [-0.2, -0.15) is 0 Å². The molecular weight excluding hydrogens is 452 g/mol. The molecule has 36 heavy (non-hydrogen) atoms. The van der Waals surface area contributed by atoms with Crippen LogP contribution in [-0.2, 0) is 9.53 Å². The van der Waals surface area contributed by atoms with Crippen LogP contribution in [0.1, 0.15) is 31.8 Å². The van der Waals surface area contributed by atoms with Crippen molar-refractivity contribution in [3.63, 3.8) is 0 Å². The van der Waals surface area contributed by atoms with E-state index < -0.39 is 18.5 Å². The molecule has 0 aliphatic carbocycles. The van der Waals surface area contributed by atoms with Gasteiger partial charge in [0, 0.05) is 17.1 Å². The predicted octanol–water partition coefficient (Wildman–Crippen LogP) is 6.08. The highest BCUT2D eigenvalue weighted by atomic mass is 16.5. The van der Waals surface area contributed by atoms with Crippen LogP contribution in [0.3, 0.4) is 0 Å². The molecule has 0 aliphatic heterocycles. The van der Waals surface area contributed by atoms with Gasteiger partial charge in [0.15, 0.2) is 6.61 Å². The number of para-hydroxylation sites is 2. The second-order valence-corrected chi connectivity index (χ2v) is 8.23. The molecule has 0 saturated carbocycles. The fourth-order valence-electron chi connectivity index (χ4n) is 3.79. The van der Waals surface area contributed by atoms with Crippen molar-refractivity contribution in [2.24, 2.45) is 0 Å². The van der Waals surface area contributed by atoms with Crippen LogP contribution in [0.15, 0.2) is 103 Å². The minimum atomic E-state index is -0.754. The van der Waals surface area contributed by atoms with Gasteiger partial charge < -0.3 is 10.1 Å². The smallest absolute Gasteiger partial charge is 0.339 e. The summed E-state index contributed by atoms with van der Waals surface area (Å²) in [5, 5.41) is 2.77. The van der Waals surface area contributed by atoms with E-state index in [1.165, 1.54) is 6.07 Å². The molecule has 6 heteroatoms. The fourth-order valence-corrected chi connectivity index (χ4v) is 3.79. The van der Waals surface area contributed by atoms with Crippen molar-refractivity contribution < 1.29 is 19.1 Å². The van der Waals surface area contributed by atoms with Crippen molar-refractivity contribution in [2.75, 3.05) is 16.8 Å². The van der Waals surface area contributed by atoms with Crippen molar-refractivity contribution in [2.45, 2.75) is 13.8 Å². The third kappa shape index (κ3) is 5.50. The molecule has 0 bridgehead atoms. The number of ether oxygens (including phenoxy) is 1. The molecule has 0 atom stereocenters. The van der Waals surface area contributed by atoms with Crippen molar-refractivity contribution in [3.8, 4) is 0 Å². The molecule has 4 aromatic carbocycles. The highest BCUT2D eigenvalue weighted by Crippen LogP contribution is 2.28. The Kier molecular flexibility index (Phi) is 7.56. The van der Waals surface area contributed by atoms with Gasteiger partial charge in [-0.25, -0.2) is 4.79 Å². The summed E-state index contributed by atoms with van der Waals surface area (Å²) < 4.78 is 5.29. The van der Waals surface area contributed by atoms with E-state index in [4.69, 9.17) is 4.74 Å². The number of nitrogens with zero attached hydrogens (tertiary/aromatic N) is 1. The summed E-state index contributed by atoms with van der Waals surface area (Å²) in [6.07, 6.45) is 0. The van der Waals surface area contributed by atoms with Crippen LogP contribution in [0.5, 0.6) is 0 Å². The molecule has 0 aromatic heterocycles. The van der Waals surface area contributed by atoms with Crippen molar-refractivity contribution in [1.29, 1.82) is 0 Å². The molecule has 0 spiro atoms. The number of anilines is 3. The van der Waals surface area contributed by atoms with Crippen molar-refractivity contribution in [1.82, 2.24) is 0 Å². The summed E-state index contributed by atoms with van der Waals surface area (Å²) in [7, 11) is 0. The third-order valence-electron chi connectivity index (χ3n) is 5.82. The van der Waals surface area contributed by atoms with Crippen molar-refractivity contribution in [3.05, 3.63) is 125 Å². The number of esters is 1. The summed E-state index contributed by atoms with van der Waals surface area (Å²) in [5.74, 6) is -1.60. The SMILES string of the molecule is Cc1cccc(NC(=O)COC(=O)c2ccccc2C(=O)N(c2ccccc2)c2ccccc2)c1C. The molecule has 2 amide bonds. The van der Waals surface area contributed by atoms with Crippen LogP contribution >= 0.6 is 0 Å². The average molecular weight is 479 g/mol. The fraction of sp³-hybridized carbons (Fsp3) is 0.100. The van der Waals surface area contributed by atoms with E-state index in [0.29, 0.717) is 17.1 Å². The van der Waals surface area contributed by atoms with Gasteiger partial charge in [0.1, 0.15) is 0 Å². The van der Waals surface area contributed by atoms with E-state index >= 15 is 0 Å². The van der Waals surface area contributed by atoms with Crippen LogP contribution in [-0.4, -0.2) is 24.4 Å². The first kappa shape index (κ1) is 24.4. The molecule has 0 aliphatic rings. The molecule has 1 N–H and O–H groups in total. The maximum Gasteiger partial charge on any atom is 0.339 e. The Morgan fingerprint density at radius 3 is 1.86 bits per heavy atom. The van der Waals surface area contributed by atoms with E-state index in [-0.39, 0.29) is 17.0 Å². The molecule has 0 heterocycles. The molecule has 180 valence electrons. The number of aryl methyl sites for hydroxylation is 1. The topological polar surface area (TPSA) is 75.7 Å². The first-order valence-corrected chi connectivity index (χ1v) is 11.5. The molecule has 0 unspecified atom stereocenters. The van der Waals surface area contributed by atoms with Gasteiger partial charge in [-0.15, -0.1) is 0 Å². The molecule has 6 nitrogen and oxygen atoms in total. The molecule has 4 aromatic rings. The Balaban J connectivity index is 1.55. The Morgan fingerprint density at radius 1 is 0.694 bits per heavy atom. The summed E-state index contributed by atoms with van der Waals surface area (Å²) in [6.45, 7) is 3.38. The lowest BCUT2D eigenvalue weighted by atomic mass is 10.1. The maximum atomic E-state index is 13.8. The molecule has 0 saturated heterocycles. The first-order valence-electron chi connectivity index (χ1n) is 11.5. The van der Waals surface area contributed by atoms with E-state index in [1.54, 1.807) is 29.2 Å². The largest absolute Gasteiger partial charge is 0.452 e. The Hall–Kier alpha value is -4.71. The minimum absolute atomic E-state index is 0.0823. The standard InChI is InChI=1S/C30H26N2O4/c1-21-12-11-19-27(22(21)2)31-28(33)20-36-30(35)26-18-10-9-17-25(26)29(34)32(23-13-5-3-6-14-23)24-15-7-4-8-16-24/h3-19H,20H2,1-2H3,(H,31,33). The minimum Gasteiger partial charge on any atom is -0.452 e. The Morgan fingerprint density at radius 2 is 1.25 bits per heavy atom. The van der Waals surface area contributed by atoms with Crippen LogP contribution in [0.25, 0.3) is 0 Å². The molecule has 0 radical (unpaired) electrons. The monoisotopic (exact) mass is 478 g/mol. The zero-order valence-electron chi connectivity index (χ0n) is 20.1. The van der Waals surface area contributed by atoms with Gasteiger partial charge in [-0.05, 0) is 67.4 Å². The number of carbonyl (C=O) groups excluding carboxylic acids is 3. The van der Waals surface area contributed by atoms with Crippen LogP contribution in [0.2, 0.25) is 0 Å². The zero-order valence-corrected chi connectivity index (χ0v) is 20.1. The molecule has 4 rings (SSSR count). The van der Waals surface area contributed by atoms with Crippen molar-refractivity contribution >= 4 is 34.8 Å². The quantitative estimate of drug-likeness (QED) is 0.327. The van der Waals surface area contributed by atoms with Crippen LogP contribution in [0, 0.1) is 13.8 Å². The highest BCUT2D eigenvalue weighted by molar-refractivity contribution is 6.15. The number of rotatable bonds is 7. The summed E-state index contributed by atoms with van der Waals surface area (Å²) in [4.78, 5) is 40.7. The van der Waals surface area contributed by atoms with E-state index in [0.717, 1.165) is 11.1 Å². The maximum absolute atomic E-state index is 13.8. The highest BCUT2D eigenvalue weighted by Gasteiger charge is 2.25. The second-order valence-electron chi connectivity index (χ2n) is 8.23. The lowest BCUT2D eigenvalue weighted by Gasteiger charge is -2.24.